The molecule has 0 fully saturated rings. The molecule has 0 bridgehead atoms. The van der Waals surface area contributed by atoms with Crippen LogP contribution in [0.15, 0.2) is 18.3 Å². The summed E-state index contributed by atoms with van der Waals surface area (Å²) in [7, 11) is 0. The predicted molar refractivity (Wildman–Crippen MR) is 60.6 cm³/mol. The van der Waals surface area contributed by atoms with Crippen molar-refractivity contribution in [1.82, 2.24) is 4.98 Å². The Balaban J connectivity index is 2.50. The molecule has 0 aliphatic rings. The Bertz CT molecular complexity index is 282. The summed E-state index contributed by atoms with van der Waals surface area (Å²) in [4.78, 5) is 4.13. The van der Waals surface area contributed by atoms with Gasteiger partial charge in [0.15, 0.2) is 0 Å². The van der Waals surface area contributed by atoms with Gasteiger partial charge in [-0.25, -0.2) is 4.98 Å². The minimum absolute atomic E-state index is 0.0846. The van der Waals surface area contributed by atoms with Gasteiger partial charge in [-0.15, -0.1) is 0 Å². The first-order chi connectivity index (χ1) is 6.53. The lowest BCUT2D eigenvalue weighted by Gasteiger charge is -2.22. The number of nitrogens with two attached hydrogens (primary N) is 1. The molecule has 1 heterocycles. The van der Waals surface area contributed by atoms with Gasteiger partial charge < -0.3 is 11.1 Å². The van der Waals surface area contributed by atoms with Crippen LogP contribution in [0.3, 0.4) is 0 Å². The number of nitrogens with zero attached hydrogens (tertiary/aromatic N) is 1. The number of pyridine rings is 1. The Morgan fingerprint density at radius 3 is 2.71 bits per heavy atom. The molecule has 0 radical (unpaired) electrons. The van der Waals surface area contributed by atoms with Crippen LogP contribution < -0.4 is 11.1 Å². The average Bonchev–Trinajstić information content (AvgIpc) is 2.17. The Labute approximate surface area is 89.7 Å². The van der Waals surface area contributed by atoms with Crippen molar-refractivity contribution in [3.8, 4) is 0 Å². The van der Waals surface area contributed by atoms with E-state index < -0.39 is 0 Å². The maximum absolute atomic E-state index is 5.72. The van der Waals surface area contributed by atoms with Crippen molar-refractivity contribution >= 4 is 17.4 Å². The van der Waals surface area contributed by atoms with Crippen LogP contribution in [0.1, 0.15) is 13.8 Å². The fourth-order valence-electron chi connectivity index (χ4n) is 0.882. The SMILES string of the molecule is CC(C)(CN)CNc1ccc(Cl)cn1. The minimum atomic E-state index is 0.0846. The molecule has 0 saturated carbocycles. The lowest BCUT2D eigenvalue weighted by atomic mass is 9.94. The maximum atomic E-state index is 5.72. The van der Waals surface area contributed by atoms with Crippen molar-refractivity contribution in [3.05, 3.63) is 23.4 Å². The monoisotopic (exact) mass is 213 g/mol. The number of rotatable bonds is 4. The van der Waals surface area contributed by atoms with E-state index in [-0.39, 0.29) is 5.41 Å². The normalized spacial score (nSPS) is 11.4. The van der Waals surface area contributed by atoms with Gasteiger partial charge in [-0.1, -0.05) is 25.4 Å². The molecule has 1 aromatic heterocycles. The van der Waals surface area contributed by atoms with E-state index in [1.54, 1.807) is 6.20 Å². The molecule has 4 heteroatoms. The van der Waals surface area contributed by atoms with Gasteiger partial charge in [-0.3, -0.25) is 0 Å². The molecule has 78 valence electrons. The van der Waals surface area contributed by atoms with E-state index in [9.17, 15) is 0 Å². The van der Waals surface area contributed by atoms with E-state index in [0.717, 1.165) is 12.4 Å². The molecule has 1 aromatic rings. The second-order valence-corrected chi connectivity index (χ2v) is 4.52. The molecular formula is C10H16ClN3. The molecule has 14 heavy (non-hydrogen) atoms. The Hall–Kier alpha value is -0.800. The molecule has 1 rings (SSSR count). The maximum Gasteiger partial charge on any atom is 0.126 e. The number of nitrogens with one attached hydrogen (secondary N) is 1. The van der Waals surface area contributed by atoms with Crippen molar-refractivity contribution in [2.24, 2.45) is 11.1 Å². The molecule has 0 atom stereocenters. The van der Waals surface area contributed by atoms with Crippen molar-refractivity contribution in [2.45, 2.75) is 13.8 Å². The van der Waals surface area contributed by atoms with Crippen LogP contribution in [-0.2, 0) is 0 Å². The molecule has 3 N–H and O–H groups in total. The van der Waals surface area contributed by atoms with Gasteiger partial charge >= 0.3 is 0 Å². The standard InChI is InChI=1S/C10H16ClN3/c1-10(2,6-12)7-14-9-4-3-8(11)5-13-9/h3-5H,6-7,12H2,1-2H3,(H,13,14). The number of anilines is 1. The zero-order valence-corrected chi connectivity index (χ0v) is 9.30. The zero-order valence-electron chi connectivity index (χ0n) is 8.55. The van der Waals surface area contributed by atoms with E-state index >= 15 is 0 Å². The van der Waals surface area contributed by atoms with Crippen LogP contribution in [0.4, 0.5) is 5.82 Å². The highest BCUT2D eigenvalue weighted by atomic mass is 35.5. The molecule has 0 amide bonds. The van der Waals surface area contributed by atoms with Gasteiger partial charge in [0, 0.05) is 12.7 Å². The fraction of sp³-hybridized carbons (Fsp3) is 0.500. The number of hydrogen-bond acceptors (Lipinski definition) is 3. The first-order valence-corrected chi connectivity index (χ1v) is 4.97. The third-order valence-corrected chi connectivity index (χ3v) is 2.25. The summed E-state index contributed by atoms with van der Waals surface area (Å²) >= 11 is 5.72. The third kappa shape index (κ3) is 3.52. The largest absolute Gasteiger partial charge is 0.369 e. The second-order valence-electron chi connectivity index (χ2n) is 4.08. The molecule has 0 saturated heterocycles. The van der Waals surface area contributed by atoms with E-state index in [4.69, 9.17) is 17.3 Å². The first kappa shape index (κ1) is 11.3. The van der Waals surface area contributed by atoms with Crippen LogP contribution in [0.25, 0.3) is 0 Å². The highest BCUT2D eigenvalue weighted by Crippen LogP contribution is 2.15. The topological polar surface area (TPSA) is 50.9 Å². The summed E-state index contributed by atoms with van der Waals surface area (Å²) < 4.78 is 0. The Morgan fingerprint density at radius 1 is 1.50 bits per heavy atom. The minimum Gasteiger partial charge on any atom is -0.369 e. The Kier molecular flexibility index (Phi) is 3.72. The number of hydrogen-bond donors (Lipinski definition) is 2. The highest BCUT2D eigenvalue weighted by molar-refractivity contribution is 6.30. The first-order valence-electron chi connectivity index (χ1n) is 4.59. The van der Waals surface area contributed by atoms with E-state index in [0.29, 0.717) is 11.6 Å². The molecular weight excluding hydrogens is 198 g/mol. The van der Waals surface area contributed by atoms with Crippen molar-refractivity contribution in [2.75, 3.05) is 18.4 Å². The van der Waals surface area contributed by atoms with Crippen LogP contribution in [0.5, 0.6) is 0 Å². The van der Waals surface area contributed by atoms with Crippen LogP contribution in [-0.4, -0.2) is 18.1 Å². The zero-order chi connectivity index (χ0) is 10.6. The summed E-state index contributed by atoms with van der Waals surface area (Å²) in [5.74, 6) is 0.830. The van der Waals surface area contributed by atoms with Gasteiger partial charge in [0.1, 0.15) is 5.82 Å². The second kappa shape index (κ2) is 4.62. The van der Waals surface area contributed by atoms with Crippen LogP contribution in [0, 0.1) is 5.41 Å². The van der Waals surface area contributed by atoms with E-state index in [1.807, 2.05) is 12.1 Å². The van der Waals surface area contributed by atoms with Gasteiger partial charge in [0.05, 0.1) is 5.02 Å². The quantitative estimate of drug-likeness (QED) is 0.806. The van der Waals surface area contributed by atoms with E-state index in [1.165, 1.54) is 0 Å². The van der Waals surface area contributed by atoms with Crippen molar-refractivity contribution in [1.29, 1.82) is 0 Å². The average molecular weight is 214 g/mol. The number of aromatic nitrogens is 1. The van der Waals surface area contributed by atoms with Gasteiger partial charge in [0.25, 0.3) is 0 Å². The lowest BCUT2D eigenvalue weighted by molar-refractivity contribution is 0.405. The summed E-state index contributed by atoms with van der Waals surface area (Å²) in [5, 5.41) is 3.86. The summed E-state index contributed by atoms with van der Waals surface area (Å²) in [5.41, 5.74) is 5.70. The van der Waals surface area contributed by atoms with Gasteiger partial charge in [-0.2, -0.15) is 0 Å². The smallest absolute Gasteiger partial charge is 0.126 e. The van der Waals surface area contributed by atoms with Crippen molar-refractivity contribution in [3.63, 3.8) is 0 Å². The summed E-state index contributed by atoms with van der Waals surface area (Å²) in [6.45, 7) is 5.66. The molecule has 0 aliphatic heterocycles. The van der Waals surface area contributed by atoms with Gasteiger partial charge in [0.2, 0.25) is 0 Å². The molecule has 3 nitrogen and oxygen atoms in total. The molecule has 0 spiro atoms. The van der Waals surface area contributed by atoms with Crippen LogP contribution in [0.2, 0.25) is 5.02 Å². The van der Waals surface area contributed by atoms with Gasteiger partial charge in [-0.05, 0) is 24.1 Å². The molecule has 0 aliphatic carbocycles. The fourth-order valence-corrected chi connectivity index (χ4v) is 0.994. The summed E-state index contributed by atoms with van der Waals surface area (Å²) in [6.07, 6.45) is 1.62. The van der Waals surface area contributed by atoms with E-state index in [2.05, 4.69) is 24.1 Å². The van der Waals surface area contributed by atoms with Crippen molar-refractivity contribution < 1.29 is 0 Å². The molecule has 0 unspecified atom stereocenters. The summed E-state index contributed by atoms with van der Waals surface area (Å²) in [6, 6.07) is 3.67. The number of halogens is 1. The highest BCUT2D eigenvalue weighted by Gasteiger charge is 2.14. The Morgan fingerprint density at radius 2 is 2.21 bits per heavy atom. The third-order valence-electron chi connectivity index (χ3n) is 2.03. The molecule has 0 aromatic carbocycles. The lowest BCUT2D eigenvalue weighted by Crippen LogP contribution is -2.31. The van der Waals surface area contributed by atoms with Crippen LogP contribution >= 0.6 is 11.6 Å². The predicted octanol–water partition coefficient (Wildman–Crippen LogP) is 2.13.